The largest absolute Gasteiger partial charge is 0.497 e. The topological polar surface area (TPSA) is 59.4 Å². The fourth-order valence-electron chi connectivity index (χ4n) is 3.97. The van der Waals surface area contributed by atoms with Gasteiger partial charge in [0.25, 0.3) is 0 Å². The molecule has 0 saturated carbocycles. The van der Waals surface area contributed by atoms with Crippen LogP contribution in [0.1, 0.15) is 41.0 Å². The van der Waals surface area contributed by atoms with Crippen LogP contribution in [0.3, 0.4) is 0 Å². The molecule has 0 fully saturated rings. The molecule has 1 unspecified atom stereocenters. The van der Waals surface area contributed by atoms with E-state index in [1.165, 1.54) is 10.4 Å². The van der Waals surface area contributed by atoms with Crippen LogP contribution < -0.4 is 4.74 Å². The molecule has 134 valence electrons. The van der Waals surface area contributed by atoms with Gasteiger partial charge in [0.2, 0.25) is 0 Å². The van der Waals surface area contributed by atoms with Crippen LogP contribution >= 0.6 is 11.3 Å². The number of thiophene rings is 1. The van der Waals surface area contributed by atoms with E-state index in [2.05, 4.69) is 0 Å². The number of carbonyl (C=O) groups is 1. The van der Waals surface area contributed by atoms with E-state index in [1.54, 1.807) is 25.4 Å². The predicted molar refractivity (Wildman–Crippen MR) is 104 cm³/mol. The number of fused-ring (bicyclic) bond motifs is 3. The first-order valence-electron chi connectivity index (χ1n) is 8.83. The molecular formula is C21H21NO3S. The van der Waals surface area contributed by atoms with E-state index in [1.807, 2.05) is 31.2 Å². The maximum atomic E-state index is 11.8. The van der Waals surface area contributed by atoms with E-state index in [0.29, 0.717) is 0 Å². The monoisotopic (exact) mass is 367 g/mol. The number of hydrogen-bond donors (Lipinski definition) is 1. The van der Waals surface area contributed by atoms with Crippen molar-refractivity contribution < 1.29 is 14.6 Å². The second kappa shape index (κ2) is 6.40. The minimum atomic E-state index is -0.823. The van der Waals surface area contributed by atoms with Crippen molar-refractivity contribution in [3.05, 3.63) is 46.0 Å². The fraction of sp³-hybridized carbons (Fsp3) is 0.333. The van der Waals surface area contributed by atoms with E-state index in [9.17, 15) is 9.90 Å². The number of nitrogens with zero attached hydrogens (tertiary/aromatic N) is 1. The van der Waals surface area contributed by atoms with Crippen molar-refractivity contribution in [3.8, 4) is 16.9 Å². The van der Waals surface area contributed by atoms with Crippen LogP contribution in [0.2, 0.25) is 0 Å². The number of carboxylic acid groups (broad SMARTS) is 1. The minimum absolute atomic E-state index is 0.610. The Morgan fingerprint density at radius 3 is 2.65 bits per heavy atom. The minimum Gasteiger partial charge on any atom is -0.497 e. The van der Waals surface area contributed by atoms with Gasteiger partial charge in [-0.25, -0.2) is 4.98 Å². The van der Waals surface area contributed by atoms with E-state index >= 15 is 0 Å². The highest BCUT2D eigenvalue weighted by Gasteiger charge is 2.28. The number of benzene rings is 1. The van der Waals surface area contributed by atoms with Gasteiger partial charge < -0.3 is 9.84 Å². The van der Waals surface area contributed by atoms with E-state index < -0.39 is 11.9 Å². The molecule has 4 rings (SSSR count). The first-order valence-corrected chi connectivity index (χ1v) is 9.65. The molecule has 1 N–H and O–H groups in total. The Balaban J connectivity index is 2.08. The number of aryl methyl sites for hydroxylation is 3. The van der Waals surface area contributed by atoms with Crippen LogP contribution in [0.4, 0.5) is 0 Å². The third-order valence-electron chi connectivity index (χ3n) is 5.26. The number of carboxylic acids is 1. The molecule has 1 aliphatic carbocycles. The van der Waals surface area contributed by atoms with Gasteiger partial charge in [0.15, 0.2) is 0 Å². The first-order chi connectivity index (χ1) is 12.5. The van der Waals surface area contributed by atoms with Gasteiger partial charge in [-0.15, -0.1) is 11.3 Å². The summed E-state index contributed by atoms with van der Waals surface area (Å²) < 4.78 is 5.29. The van der Waals surface area contributed by atoms with E-state index in [0.717, 1.165) is 57.6 Å². The fourth-order valence-corrected chi connectivity index (χ4v) is 5.28. The number of aliphatic carboxylic acids is 1. The van der Waals surface area contributed by atoms with Crippen LogP contribution in [-0.2, 0) is 17.6 Å². The third kappa shape index (κ3) is 2.58. The van der Waals surface area contributed by atoms with Crippen molar-refractivity contribution in [2.75, 3.05) is 7.11 Å². The number of rotatable bonds is 4. The molecule has 26 heavy (non-hydrogen) atoms. The molecule has 2 heterocycles. The van der Waals surface area contributed by atoms with Crippen molar-refractivity contribution >= 4 is 27.5 Å². The summed E-state index contributed by atoms with van der Waals surface area (Å²) in [5, 5.41) is 10.8. The lowest BCUT2D eigenvalue weighted by atomic mass is 9.87. The Morgan fingerprint density at radius 2 is 2.00 bits per heavy atom. The van der Waals surface area contributed by atoms with Crippen molar-refractivity contribution in [2.24, 2.45) is 0 Å². The van der Waals surface area contributed by atoms with Crippen molar-refractivity contribution in [1.29, 1.82) is 0 Å². The summed E-state index contributed by atoms with van der Waals surface area (Å²) in [7, 11) is 1.65. The second-order valence-electron chi connectivity index (χ2n) is 6.81. The predicted octanol–water partition coefficient (Wildman–Crippen LogP) is 4.96. The number of aromatic nitrogens is 1. The van der Waals surface area contributed by atoms with Crippen molar-refractivity contribution in [3.63, 3.8) is 0 Å². The highest BCUT2D eigenvalue weighted by atomic mass is 32.1. The molecule has 3 aromatic rings. The number of pyridine rings is 1. The highest BCUT2D eigenvalue weighted by Crippen LogP contribution is 2.45. The summed E-state index contributed by atoms with van der Waals surface area (Å²) in [4.78, 5) is 19.0. The van der Waals surface area contributed by atoms with Crippen molar-refractivity contribution in [2.45, 2.75) is 39.0 Å². The molecule has 0 bridgehead atoms. The van der Waals surface area contributed by atoms with E-state index in [-0.39, 0.29) is 0 Å². The Hall–Kier alpha value is -2.40. The lowest BCUT2D eigenvalue weighted by molar-refractivity contribution is -0.138. The average Bonchev–Trinajstić information content (AvgIpc) is 3.21. The molecule has 5 heteroatoms. The standard InChI is InChI=1S/C21H21NO3S/c1-11(21(23)24)17-12(2)22-20-19(15-5-4-6-16(15)26-20)18(17)13-7-9-14(25-3)10-8-13/h7-11H,4-6H2,1-3H3,(H,23,24). The van der Waals surface area contributed by atoms with Gasteiger partial charge in [-0.2, -0.15) is 0 Å². The summed E-state index contributed by atoms with van der Waals surface area (Å²) in [6, 6.07) is 7.89. The number of hydrogen-bond acceptors (Lipinski definition) is 4. The molecular weight excluding hydrogens is 346 g/mol. The molecule has 0 amide bonds. The summed E-state index contributed by atoms with van der Waals surface area (Å²) in [5.74, 6) is -0.643. The Bertz CT molecular complexity index is 1000. The smallest absolute Gasteiger partial charge is 0.310 e. The number of ether oxygens (including phenoxy) is 1. The zero-order chi connectivity index (χ0) is 18.4. The molecule has 0 aliphatic heterocycles. The molecule has 0 saturated heterocycles. The van der Waals surface area contributed by atoms with Gasteiger partial charge in [-0.05, 0) is 67.5 Å². The average molecular weight is 367 g/mol. The summed E-state index contributed by atoms with van der Waals surface area (Å²) in [5.41, 5.74) is 5.05. The van der Waals surface area contributed by atoms with E-state index in [4.69, 9.17) is 9.72 Å². The molecule has 0 radical (unpaired) electrons. The molecule has 0 spiro atoms. The molecule has 1 aromatic carbocycles. The van der Waals surface area contributed by atoms with Gasteiger partial charge in [-0.1, -0.05) is 12.1 Å². The molecule has 1 atom stereocenters. The maximum Gasteiger partial charge on any atom is 0.310 e. The lowest BCUT2D eigenvalue weighted by Gasteiger charge is -2.18. The van der Waals surface area contributed by atoms with Gasteiger partial charge in [-0.3, -0.25) is 4.79 Å². The number of methoxy groups -OCH3 is 1. The van der Waals surface area contributed by atoms with Crippen LogP contribution in [0.25, 0.3) is 21.3 Å². The lowest BCUT2D eigenvalue weighted by Crippen LogP contribution is -2.12. The SMILES string of the molecule is COc1ccc(-c2c(C(C)C(=O)O)c(C)nc3sc4c(c23)CCC4)cc1. The Labute approximate surface area is 156 Å². The Morgan fingerprint density at radius 1 is 1.27 bits per heavy atom. The molecule has 2 aromatic heterocycles. The third-order valence-corrected chi connectivity index (χ3v) is 6.45. The maximum absolute atomic E-state index is 11.8. The van der Waals surface area contributed by atoms with Gasteiger partial charge in [0.1, 0.15) is 10.6 Å². The first kappa shape index (κ1) is 17.0. The highest BCUT2D eigenvalue weighted by molar-refractivity contribution is 7.19. The van der Waals surface area contributed by atoms with Crippen LogP contribution in [0.15, 0.2) is 24.3 Å². The normalized spacial score (nSPS) is 14.4. The zero-order valence-electron chi connectivity index (χ0n) is 15.1. The summed E-state index contributed by atoms with van der Waals surface area (Å²) >= 11 is 1.76. The van der Waals surface area contributed by atoms with Gasteiger partial charge in [0, 0.05) is 16.0 Å². The quantitative estimate of drug-likeness (QED) is 0.708. The van der Waals surface area contributed by atoms with Gasteiger partial charge >= 0.3 is 5.97 Å². The van der Waals surface area contributed by atoms with Crippen LogP contribution in [0.5, 0.6) is 5.75 Å². The molecule has 4 nitrogen and oxygen atoms in total. The van der Waals surface area contributed by atoms with Crippen molar-refractivity contribution in [1.82, 2.24) is 4.98 Å². The zero-order valence-corrected chi connectivity index (χ0v) is 15.9. The second-order valence-corrected chi connectivity index (χ2v) is 7.90. The van der Waals surface area contributed by atoms with Crippen LogP contribution in [0, 0.1) is 6.92 Å². The van der Waals surface area contributed by atoms with Crippen LogP contribution in [-0.4, -0.2) is 23.2 Å². The Kier molecular flexibility index (Phi) is 4.19. The van der Waals surface area contributed by atoms with Gasteiger partial charge in [0.05, 0.1) is 13.0 Å². The summed E-state index contributed by atoms with van der Waals surface area (Å²) in [6.07, 6.45) is 3.31. The molecule has 1 aliphatic rings. The summed E-state index contributed by atoms with van der Waals surface area (Å²) in [6.45, 7) is 3.67.